The van der Waals surface area contributed by atoms with Crippen molar-refractivity contribution in [2.75, 3.05) is 20.8 Å². The zero-order valence-electron chi connectivity index (χ0n) is 13.5. The number of carbonyl (C=O) groups is 1. The molecule has 5 heteroatoms. The number of carbonyl (C=O) groups excluding carboxylic acids is 1. The molecule has 1 aromatic carbocycles. The summed E-state index contributed by atoms with van der Waals surface area (Å²) in [5.74, 6) is 1.47. The Labute approximate surface area is 127 Å². The van der Waals surface area contributed by atoms with Crippen LogP contribution in [0, 0.1) is 5.92 Å². The van der Waals surface area contributed by atoms with Crippen molar-refractivity contribution in [2.24, 2.45) is 5.92 Å². The Balaban J connectivity index is 2.60. The Morgan fingerprint density at radius 2 is 1.95 bits per heavy atom. The number of rotatable bonds is 8. The lowest BCUT2D eigenvalue weighted by Gasteiger charge is -2.18. The lowest BCUT2D eigenvalue weighted by atomic mass is 10.1. The van der Waals surface area contributed by atoms with Crippen LogP contribution in [0.1, 0.15) is 26.3 Å². The maximum Gasteiger partial charge on any atom is 0.258 e. The molecule has 0 aliphatic rings. The smallest absolute Gasteiger partial charge is 0.258 e. The van der Waals surface area contributed by atoms with Crippen molar-refractivity contribution in [3.63, 3.8) is 0 Å². The maximum atomic E-state index is 11.8. The third-order valence-corrected chi connectivity index (χ3v) is 3.36. The Morgan fingerprint density at radius 3 is 2.52 bits per heavy atom. The first kappa shape index (κ1) is 17.3. The van der Waals surface area contributed by atoms with Gasteiger partial charge in [0.05, 0.1) is 7.11 Å². The van der Waals surface area contributed by atoms with Gasteiger partial charge in [0.15, 0.2) is 18.1 Å². The molecule has 1 aromatic rings. The van der Waals surface area contributed by atoms with Crippen LogP contribution in [-0.2, 0) is 11.3 Å². The summed E-state index contributed by atoms with van der Waals surface area (Å²) in [5.41, 5.74) is 1.10. The molecule has 0 heterocycles. The Kier molecular flexibility index (Phi) is 7.02. The number of benzene rings is 1. The first-order chi connectivity index (χ1) is 9.97. The van der Waals surface area contributed by atoms with Gasteiger partial charge in [0.1, 0.15) is 0 Å². The lowest BCUT2D eigenvalue weighted by molar-refractivity contribution is -0.124. The van der Waals surface area contributed by atoms with Crippen molar-refractivity contribution in [1.82, 2.24) is 10.6 Å². The number of amides is 1. The van der Waals surface area contributed by atoms with E-state index in [-0.39, 0.29) is 18.6 Å². The van der Waals surface area contributed by atoms with E-state index < -0.39 is 0 Å². The second kappa shape index (κ2) is 8.52. The van der Waals surface area contributed by atoms with Crippen molar-refractivity contribution >= 4 is 5.91 Å². The predicted molar refractivity (Wildman–Crippen MR) is 83.7 cm³/mol. The summed E-state index contributed by atoms with van der Waals surface area (Å²) in [4.78, 5) is 11.8. The minimum Gasteiger partial charge on any atom is -0.493 e. The lowest BCUT2D eigenvalue weighted by Crippen LogP contribution is -2.38. The van der Waals surface area contributed by atoms with Crippen molar-refractivity contribution in [3.05, 3.63) is 23.8 Å². The highest BCUT2D eigenvalue weighted by molar-refractivity contribution is 5.77. The van der Waals surface area contributed by atoms with Crippen LogP contribution in [-0.4, -0.2) is 32.7 Å². The van der Waals surface area contributed by atoms with Gasteiger partial charge in [-0.15, -0.1) is 0 Å². The minimum atomic E-state index is -0.127. The van der Waals surface area contributed by atoms with Crippen LogP contribution in [0.25, 0.3) is 0 Å². The summed E-state index contributed by atoms with van der Waals surface area (Å²) in [6, 6.07) is 5.80. The van der Waals surface area contributed by atoms with Crippen molar-refractivity contribution in [1.29, 1.82) is 0 Å². The summed E-state index contributed by atoms with van der Waals surface area (Å²) >= 11 is 0. The summed E-state index contributed by atoms with van der Waals surface area (Å²) in [7, 11) is 3.48. The summed E-state index contributed by atoms with van der Waals surface area (Å²) in [6.07, 6.45) is 0. The van der Waals surface area contributed by atoms with E-state index in [9.17, 15) is 4.79 Å². The fourth-order valence-electron chi connectivity index (χ4n) is 1.75. The number of hydrogen-bond acceptors (Lipinski definition) is 4. The van der Waals surface area contributed by atoms with Crippen LogP contribution in [0.2, 0.25) is 0 Å². The highest BCUT2D eigenvalue weighted by atomic mass is 16.5. The molecule has 0 aliphatic heterocycles. The topological polar surface area (TPSA) is 59.6 Å². The standard InChI is InChI=1S/C16H26N2O3/c1-11(2)12(3)18-16(19)10-21-14-7-6-13(9-17-4)8-15(14)20-5/h6-8,11-12,17H,9-10H2,1-5H3,(H,18,19). The molecule has 0 spiro atoms. The highest BCUT2D eigenvalue weighted by Gasteiger charge is 2.12. The van der Waals surface area contributed by atoms with Gasteiger partial charge in [0, 0.05) is 12.6 Å². The van der Waals surface area contributed by atoms with Gasteiger partial charge in [-0.25, -0.2) is 0 Å². The van der Waals surface area contributed by atoms with Crippen LogP contribution in [0.4, 0.5) is 0 Å². The van der Waals surface area contributed by atoms with Crippen molar-refractivity contribution in [2.45, 2.75) is 33.4 Å². The molecule has 0 bridgehead atoms. The highest BCUT2D eigenvalue weighted by Crippen LogP contribution is 2.27. The normalized spacial score (nSPS) is 12.1. The maximum absolute atomic E-state index is 11.8. The summed E-state index contributed by atoms with van der Waals surface area (Å²) in [5, 5.41) is 5.98. The molecule has 0 radical (unpaired) electrons. The Morgan fingerprint density at radius 1 is 1.24 bits per heavy atom. The van der Waals surface area contributed by atoms with Crippen LogP contribution < -0.4 is 20.1 Å². The third-order valence-electron chi connectivity index (χ3n) is 3.36. The molecule has 0 saturated heterocycles. The Bertz CT molecular complexity index is 461. The van der Waals surface area contributed by atoms with Gasteiger partial charge < -0.3 is 20.1 Å². The van der Waals surface area contributed by atoms with Crippen LogP contribution in [0.5, 0.6) is 11.5 Å². The van der Waals surface area contributed by atoms with E-state index >= 15 is 0 Å². The molecule has 0 aliphatic carbocycles. The molecular formula is C16H26N2O3. The largest absolute Gasteiger partial charge is 0.493 e. The van der Waals surface area contributed by atoms with E-state index in [1.165, 1.54) is 0 Å². The molecule has 0 fully saturated rings. The number of methoxy groups -OCH3 is 1. The van der Waals surface area contributed by atoms with E-state index in [2.05, 4.69) is 24.5 Å². The van der Waals surface area contributed by atoms with E-state index in [1.54, 1.807) is 7.11 Å². The summed E-state index contributed by atoms with van der Waals surface area (Å²) < 4.78 is 10.8. The van der Waals surface area contributed by atoms with E-state index in [1.807, 2.05) is 32.2 Å². The molecule has 1 unspecified atom stereocenters. The van der Waals surface area contributed by atoms with Crippen molar-refractivity contribution in [3.8, 4) is 11.5 Å². The van der Waals surface area contributed by atoms with Gasteiger partial charge in [0.2, 0.25) is 0 Å². The second-order valence-corrected chi connectivity index (χ2v) is 5.40. The fourth-order valence-corrected chi connectivity index (χ4v) is 1.75. The zero-order valence-corrected chi connectivity index (χ0v) is 13.5. The molecule has 1 amide bonds. The first-order valence-electron chi connectivity index (χ1n) is 7.21. The molecule has 1 rings (SSSR count). The molecule has 21 heavy (non-hydrogen) atoms. The molecule has 2 N–H and O–H groups in total. The molecular weight excluding hydrogens is 268 g/mol. The average Bonchev–Trinajstić information content (AvgIpc) is 2.45. The molecule has 5 nitrogen and oxygen atoms in total. The van der Waals surface area contributed by atoms with Gasteiger partial charge in [-0.05, 0) is 37.6 Å². The molecule has 0 saturated carbocycles. The quantitative estimate of drug-likeness (QED) is 0.769. The van der Waals surface area contributed by atoms with Gasteiger partial charge in [-0.1, -0.05) is 19.9 Å². The van der Waals surface area contributed by atoms with Crippen LogP contribution >= 0.6 is 0 Å². The molecule has 0 aromatic heterocycles. The molecule has 1 atom stereocenters. The minimum absolute atomic E-state index is 0.0151. The average molecular weight is 294 g/mol. The van der Waals surface area contributed by atoms with Crippen LogP contribution in [0.15, 0.2) is 18.2 Å². The third kappa shape index (κ3) is 5.63. The number of ether oxygens (including phenoxy) is 2. The fraction of sp³-hybridized carbons (Fsp3) is 0.562. The van der Waals surface area contributed by atoms with E-state index in [0.29, 0.717) is 17.4 Å². The monoisotopic (exact) mass is 294 g/mol. The summed E-state index contributed by atoms with van der Waals surface area (Å²) in [6.45, 7) is 6.85. The van der Waals surface area contributed by atoms with Gasteiger partial charge in [-0.3, -0.25) is 4.79 Å². The SMILES string of the molecule is CNCc1ccc(OCC(=O)NC(C)C(C)C)c(OC)c1. The van der Waals surface area contributed by atoms with E-state index in [0.717, 1.165) is 12.1 Å². The Hall–Kier alpha value is -1.75. The number of nitrogens with one attached hydrogen (secondary N) is 2. The number of hydrogen-bond donors (Lipinski definition) is 2. The molecule has 118 valence electrons. The van der Waals surface area contributed by atoms with Gasteiger partial charge in [0.25, 0.3) is 5.91 Å². The second-order valence-electron chi connectivity index (χ2n) is 5.40. The van der Waals surface area contributed by atoms with Gasteiger partial charge >= 0.3 is 0 Å². The van der Waals surface area contributed by atoms with Crippen LogP contribution in [0.3, 0.4) is 0 Å². The first-order valence-corrected chi connectivity index (χ1v) is 7.21. The van der Waals surface area contributed by atoms with Gasteiger partial charge in [-0.2, -0.15) is 0 Å². The zero-order chi connectivity index (χ0) is 15.8. The predicted octanol–water partition coefficient (Wildman–Crippen LogP) is 1.95. The van der Waals surface area contributed by atoms with Crippen molar-refractivity contribution < 1.29 is 14.3 Å². The van der Waals surface area contributed by atoms with E-state index in [4.69, 9.17) is 9.47 Å².